The quantitative estimate of drug-likeness (QED) is 0.749. The second-order valence-electron chi connectivity index (χ2n) is 6.47. The van der Waals surface area contributed by atoms with Crippen molar-refractivity contribution in [3.63, 3.8) is 0 Å². The van der Waals surface area contributed by atoms with Crippen molar-refractivity contribution in [3.05, 3.63) is 41.7 Å². The number of allylic oxidation sites excluding steroid dienone is 1. The van der Waals surface area contributed by atoms with Crippen LogP contribution in [-0.2, 0) is 14.3 Å². The average molecular weight is 297 g/mol. The number of amides is 1. The lowest BCUT2D eigenvalue weighted by atomic mass is 9.64. The minimum absolute atomic E-state index is 0.0925. The number of anilines is 1. The number of fused-ring (bicyclic) bond motifs is 2. The Morgan fingerprint density at radius 2 is 1.95 bits per heavy atom. The molecule has 0 saturated heterocycles. The number of rotatable bonds is 1. The molecule has 0 N–H and O–H groups in total. The Labute approximate surface area is 129 Å². The molecule has 5 rings (SSSR count). The number of hydrogen-bond acceptors (Lipinski definition) is 3. The van der Waals surface area contributed by atoms with E-state index in [0.717, 1.165) is 24.3 Å². The van der Waals surface area contributed by atoms with Crippen LogP contribution in [0.15, 0.2) is 36.1 Å². The van der Waals surface area contributed by atoms with E-state index < -0.39 is 0 Å². The van der Waals surface area contributed by atoms with Gasteiger partial charge in [-0.3, -0.25) is 9.59 Å². The molecule has 1 aromatic carbocycles. The van der Waals surface area contributed by atoms with E-state index in [1.165, 1.54) is 12.5 Å². The summed E-state index contributed by atoms with van der Waals surface area (Å²) >= 11 is 0. The van der Waals surface area contributed by atoms with Crippen LogP contribution < -0.4 is 4.90 Å². The topological polar surface area (TPSA) is 46.6 Å². The molecule has 1 aromatic rings. The predicted octanol–water partition coefficient (Wildman–Crippen LogP) is 2.99. The molecule has 0 aromatic heterocycles. The fourth-order valence-corrected chi connectivity index (χ4v) is 4.62. The molecular weight excluding hydrogens is 278 g/mol. The molecule has 1 heterocycles. The summed E-state index contributed by atoms with van der Waals surface area (Å²) in [7, 11) is 0. The van der Waals surface area contributed by atoms with E-state index in [1.54, 1.807) is 6.92 Å². The number of benzene rings is 1. The molecule has 1 fully saturated rings. The van der Waals surface area contributed by atoms with Gasteiger partial charge in [0.25, 0.3) is 0 Å². The van der Waals surface area contributed by atoms with Gasteiger partial charge in [0.1, 0.15) is 5.76 Å². The van der Waals surface area contributed by atoms with Crippen molar-refractivity contribution in [1.82, 2.24) is 0 Å². The molecule has 4 heteroatoms. The van der Waals surface area contributed by atoms with Crippen LogP contribution in [0, 0.1) is 11.8 Å². The first-order valence-corrected chi connectivity index (χ1v) is 7.87. The minimum atomic E-state index is -0.259. The highest BCUT2D eigenvalue weighted by Gasteiger charge is 2.54. The average Bonchev–Trinajstić information content (AvgIpc) is 2.84. The monoisotopic (exact) mass is 297 g/mol. The second-order valence-corrected chi connectivity index (χ2v) is 6.47. The predicted molar refractivity (Wildman–Crippen MR) is 82.2 cm³/mol. The summed E-state index contributed by atoms with van der Waals surface area (Å²) in [6, 6.07) is 8.32. The normalized spacial score (nSPS) is 31.4. The third-order valence-corrected chi connectivity index (χ3v) is 5.25. The van der Waals surface area contributed by atoms with Gasteiger partial charge in [-0.15, -0.1) is 0 Å². The molecular formula is C18H19NO3. The van der Waals surface area contributed by atoms with Gasteiger partial charge in [0.2, 0.25) is 5.91 Å². The number of para-hydroxylation sites is 1. The van der Waals surface area contributed by atoms with Gasteiger partial charge in [-0.05, 0) is 30.5 Å². The van der Waals surface area contributed by atoms with Crippen LogP contribution in [0.5, 0.6) is 0 Å². The minimum Gasteiger partial charge on any atom is -0.431 e. The zero-order chi connectivity index (χ0) is 15.4. The molecule has 0 radical (unpaired) electrons. The molecule has 1 amide bonds. The number of hydrogen-bond donors (Lipinski definition) is 0. The van der Waals surface area contributed by atoms with Crippen molar-refractivity contribution in [2.45, 2.75) is 38.6 Å². The molecule has 1 aliphatic heterocycles. The molecule has 114 valence electrons. The van der Waals surface area contributed by atoms with Gasteiger partial charge in [0.15, 0.2) is 0 Å². The van der Waals surface area contributed by atoms with Crippen LogP contribution >= 0.6 is 0 Å². The van der Waals surface area contributed by atoms with E-state index in [9.17, 15) is 9.59 Å². The number of carbonyl (C=O) groups is 2. The van der Waals surface area contributed by atoms with Crippen molar-refractivity contribution in [2.75, 3.05) is 4.90 Å². The van der Waals surface area contributed by atoms with Crippen LogP contribution in [0.25, 0.3) is 0 Å². The van der Waals surface area contributed by atoms with Gasteiger partial charge in [-0.25, -0.2) is 0 Å². The molecule has 2 bridgehead atoms. The Morgan fingerprint density at radius 1 is 1.18 bits per heavy atom. The van der Waals surface area contributed by atoms with Crippen molar-refractivity contribution in [1.29, 1.82) is 0 Å². The Balaban J connectivity index is 1.83. The molecule has 2 unspecified atom stereocenters. The molecule has 3 aliphatic carbocycles. The number of nitrogens with zero attached hydrogens (tertiary/aromatic N) is 1. The van der Waals surface area contributed by atoms with E-state index in [1.807, 2.05) is 23.1 Å². The largest absolute Gasteiger partial charge is 0.431 e. The van der Waals surface area contributed by atoms with Gasteiger partial charge < -0.3 is 9.64 Å². The smallest absolute Gasteiger partial charge is 0.307 e. The molecule has 1 saturated carbocycles. The lowest BCUT2D eigenvalue weighted by molar-refractivity contribution is -0.138. The van der Waals surface area contributed by atoms with E-state index in [2.05, 4.69) is 12.1 Å². The van der Waals surface area contributed by atoms with Crippen molar-refractivity contribution in [3.8, 4) is 0 Å². The highest BCUT2D eigenvalue weighted by Crippen LogP contribution is 2.57. The van der Waals surface area contributed by atoms with Crippen molar-refractivity contribution >= 4 is 17.6 Å². The standard InChI is InChI=1S/C18H19NO3/c1-10(20)19-15-6-4-3-5-13(15)17-14-8-7-12(18(17)19)9-16(14)22-11(2)21/h3-6,9,12,14,17-18H,7-8H2,1-2H3/t12-,14+,17?,18?/m1/s1. The summed E-state index contributed by atoms with van der Waals surface area (Å²) in [6.45, 7) is 3.09. The van der Waals surface area contributed by atoms with E-state index in [4.69, 9.17) is 4.74 Å². The Bertz CT molecular complexity index is 693. The van der Waals surface area contributed by atoms with Crippen LogP contribution in [-0.4, -0.2) is 17.9 Å². The highest BCUT2D eigenvalue weighted by atomic mass is 16.5. The van der Waals surface area contributed by atoms with Gasteiger partial charge >= 0.3 is 5.97 Å². The lowest BCUT2D eigenvalue weighted by Crippen LogP contribution is -2.49. The first-order valence-electron chi connectivity index (χ1n) is 7.87. The molecule has 4 nitrogen and oxygen atoms in total. The summed E-state index contributed by atoms with van der Waals surface area (Å²) < 4.78 is 5.46. The Morgan fingerprint density at radius 3 is 2.68 bits per heavy atom. The zero-order valence-corrected chi connectivity index (χ0v) is 12.8. The summed E-state index contributed by atoms with van der Waals surface area (Å²) in [4.78, 5) is 25.5. The summed E-state index contributed by atoms with van der Waals surface area (Å²) in [5.41, 5.74) is 2.24. The number of carbonyl (C=O) groups excluding carboxylic acids is 2. The third kappa shape index (κ3) is 1.76. The molecule has 4 aliphatic rings. The van der Waals surface area contributed by atoms with Crippen molar-refractivity contribution < 1.29 is 14.3 Å². The van der Waals surface area contributed by atoms with Gasteiger partial charge in [-0.2, -0.15) is 0 Å². The first kappa shape index (κ1) is 13.6. The highest BCUT2D eigenvalue weighted by molar-refractivity contribution is 5.95. The Hall–Kier alpha value is -2.10. The number of ether oxygens (including phenoxy) is 1. The second kappa shape index (κ2) is 4.70. The van der Waals surface area contributed by atoms with Crippen LogP contribution in [0.4, 0.5) is 5.69 Å². The maximum atomic E-state index is 12.2. The van der Waals surface area contributed by atoms with Gasteiger partial charge in [0, 0.05) is 37.3 Å². The fraction of sp³-hybridized carbons (Fsp3) is 0.444. The molecule has 4 atom stereocenters. The van der Waals surface area contributed by atoms with E-state index in [0.29, 0.717) is 0 Å². The maximum absolute atomic E-state index is 12.2. The fourth-order valence-electron chi connectivity index (χ4n) is 4.62. The third-order valence-electron chi connectivity index (χ3n) is 5.25. The van der Waals surface area contributed by atoms with E-state index >= 15 is 0 Å². The summed E-state index contributed by atoms with van der Waals surface area (Å²) in [5, 5.41) is 0. The Kier molecular flexibility index (Phi) is 2.90. The van der Waals surface area contributed by atoms with Gasteiger partial charge in [-0.1, -0.05) is 18.2 Å². The maximum Gasteiger partial charge on any atom is 0.307 e. The summed E-state index contributed by atoms with van der Waals surface area (Å²) in [6.07, 6.45) is 4.15. The van der Waals surface area contributed by atoms with Crippen LogP contribution in [0.3, 0.4) is 0 Å². The van der Waals surface area contributed by atoms with Gasteiger partial charge in [0.05, 0.1) is 6.04 Å². The SMILES string of the molecule is CC(=O)OC1=C[C@H]2CC[C@@H]1C1c3ccccc3N(C(C)=O)C12. The molecule has 0 spiro atoms. The first-order chi connectivity index (χ1) is 10.6. The van der Waals surface area contributed by atoms with Crippen LogP contribution in [0.2, 0.25) is 0 Å². The van der Waals surface area contributed by atoms with Crippen molar-refractivity contribution in [2.24, 2.45) is 11.8 Å². The summed E-state index contributed by atoms with van der Waals surface area (Å²) in [5.74, 6) is 1.36. The lowest BCUT2D eigenvalue weighted by Gasteiger charge is -2.46. The number of esters is 1. The molecule has 22 heavy (non-hydrogen) atoms. The zero-order valence-electron chi connectivity index (χ0n) is 12.8. The van der Waals surface area contributed by atoms with E-state index in [-0.39, 0.29) is 35.7 Å². The van der Waals surface area contributed by atoms with Crippen LogP contribution in [0.1, 0.15) is 38.2 Å².